The summed E-state index contributed by atoms with van der Waals surface area (Å²) in [5.74, 6) is 0.724. The van der Waals surface area contributed by atoms with Gasteiger partial charge in [0.05, 0.1) is 0 Å². The minimum atomic E-state index is -0.104. The number of carbonyl (C=O) groups excluding carboxylic acids is 1. The van der Waals surface area contributed by atoms with Gasteiger partial charge >= 0.3 is 0 Å². The van der Waals surface area contributed by atoms with Gasteiger partial charge < -0.3 is 11.1 Å². The Kier molecular flexibility index (Phi) is 4.12. The molecule has 0 spiro atoms. The molecule has 0 saturated carbocycles. The fourth-order valence-corrected chi connectivity index (χ4v) is 1.85. The fourth-order valence-electron chi connectivity index (χ4n) is 1.85. The smallest absolute Gasteiger partial charge is 0.251 e. The standard InChI is InChI=1S/C13H17N5O/c1-9-5-10(7-11(14)6-9)13(19)15-4-2-3-12-16-8-17-18-12/h5-8H,2-4,14H2,1H3,(H,15,19)(H,16,17,18). The minimum absolute atomic E-state index is 0.104. The van der Waals surface area contributed by atoms with Crippen molar-refractivity contribution >= 4 is 11.6 Å². The van der Waals surface area contributed by atoms with E-state index in [2.05, 4.69) is 20.5 Å². The quantitative estimate of drug-likeness (QED) is 0.552. The van der Waals surface area contributed by atoms with Crippen LogP contribution in [0.25, 0.3) is 0 Å². The number of amides is 1. The van der Waals surface area contributed by atoms with Gasteiger partial charge in [-0.1, -0.05) is 0 Å². The average Bonchev–Trinajstić information content (AvgIpc) is 2.86. The van der Waals surface area contributed by atoms with E-state index in [1.165, 1.54) is 6.33 Å². The molecule has 0 unspecified atom stereocenters. The zero-order valence-corrected chi connectivity index (χ0v) is 10.8. The van der Waals surface area contributed by atoms with Crippen molar-refractivity contribution in [1.29, 1.82) is 0 Å². The van der Waals surface area contributed by atoms with Gasteiger partial charge in [-0.05, 0) is 37.1 Å². The van der Waals surface area contributed by atoms with Gasteiger partial charge in [-0.25, -0.2) is 4.98 Å². The van der Waals surface area contributed by atoms with Crippen LogP contribution < -0.4 is 11.1 Å². The van der Waals surface area contributed by atoms with E-state index >= 15 is 0 Å². The molecule has 1 heterocycles. The summed E-state index contributed by atoms with van der Waals surface area (Å²) in [7, 11) is 0. The van der Waals surface area contributed by atoms with Gasteiger partial charge in [0.1, 0.15) is 12.2 Å². The molecule has 100 valence electrons. The Morgan fingerprint density at radius 2 is 2.26 bits per heavy atom. The molecule has 0 saturated heterocycles. The fraction of sp³-hybridized carbons (Fsp3) is 0.308. The predicted octanol–water partition coefficient (Wildman–Crippen LogP) is 1.06. The number of hydrogen-bond acceptors (Lipinski definition) is 4. The van der Waals surface area contributed by atoms with Crippen molar-refractivity contribution < 1.29 is 4.79 Å². The number of nitrogen functional groups attached to an aromatic ring is 1. The maximum Gasteiger partial charge on any atom is 0.251 e. The second kappa shape index (κ2) is 5.99. The summed E-state index contributed by atoms with van der Waals surface area (Å²) >= 11 is 0. The molecule has 0 aliphatic rings. The zero-order chi connectivity index (χ0) is 13.7. The molecular formula is C13H17N5O. The number of benzene rings is 1. The van der Waals surface area contributed by atoms with E-state index in [9.17, 15) is 4.79 Å². The molecule has 2 aromatic rings. The number of nitrogens with zero attached hydrogens (tertiary/aromatic N) is 2. The predicted molar refractivity (Wildman–Crippen MR) is 72.6 cm³/mol. The Bertz CT molecular complexity index is 530. The Morgan fingerprint density at radius 3 is 2.95 bits per heavy atom. The Hall–Kier alpha value is -2.37. The van der Waals surface area contributed by atoms with E-state index in [-0.39, 0.29) is 5.91 Å². The number of rotatable bonds is 5. The first kappa shape index (κ1) is 13.1. The average molecular weight is 259 g/mol. The van der Waals surface area contributed by atoms with Crippen molar-refractivity contribution in [2.75, 3.05) is 12.3 Å². The molecule has 1 amide bonds. The van der Waals surface area contributed by atoms with Gasteiger partial charge in [0, 0.05) is 24.2 Å². The van der Waals surface area contributed by atoms with Crippen molar-refractivity contribution in [3.05, 3.63) is 41.5 Å². The number of aryl methyl sites for hydroxylation is 2. The number of aromatic nitrogens is 3. The molecule has 0 bridgehead atoms. The molecule has 0 aliphatic heterocycles. The highest BCUT2D eigenvalue weighted by atomic mass is 16.1. The van der Waals surface area contributed by atoms with Gasteiger partial charge in [0.25, 0.3) is 5.91 Å². The highest BCUT2D eigenvalue weighted by Crippen LogP contribution is 2.11. The van der Waals surface area contributed by atoms with Gasteiger partial charge in [-0.2, -0.15) is 5.10 Å². The summed E-state index contributed by atoms with van der Waals surface area (Å²) in [6, 6.07) is 5.33. The van der Waals surface area contributed by atoms with Crippen LogP contribution in [0.4, 0.5) is 5.69 Å². The van der Waals surface area contributed by atoms with Crippen molar-refractivity contribution in [2.45, 2.75) is 19.8 Å². The van der Waals surface area contributed by atoms with Crippen molar-refractivity contribution in [1.82, 2.24) is 20.5 Å². The number of hydrogen-bond donors (Lipinski definition) is 3. The molecule has 0 radical (unpaired) electrons. The number of nitrogens with two attached hydrogens (primary N) is 1. The molecule has 4 N–H and O–H groups in total. The van der Waals surface area contributed by atoms with Gasteiger partial charge in [0.2, 0.25) is 0 Å². The third-order valence-corrected chi connectivity index (χ3v) is 2.70. The Balaban J connectivity index is 1.80. The summed E-state index contributed by atoms with van der Waals surface area (Å²) in [5, 5.41) is 9.41. The highest BCUT2D eigenvalue weighted by molar-refractivity contribution is 5.95. The second-order valence-corrected chi connectivity index (χ2v) is 4.42. The topological polar surface area (TPSA) is 96.7 Å². The normalized spacial score (nSPS) is 10.4. The Labute approximate surface area is 111 Å². The van der Waals surface area contributed by atoms with Gasteiger partial charge in [-0.3, -0.25) is 9.89 Å². The molecule has 0 fully saturated rings. The van der Waals surface area contributed by atoms with E-state index in [1.807, 2.05) is 19.1 Å². The number of anilines is 1. The van der Waals surface area contributed by atoms with Crippen LogP contribution in [0.1, 0.15) is 28.2 Å². The van der Waals surface area contributed by atoms with E-state index in [0.717, 1.165) is 24.2 Å². The molecule has 6 nitrogen and oxygen atoms in total. The van der Waals surface area contributed by atoms with Crippen molar-refractivity contribution in [3.63, 3.8) is 0 Å². The van der Waals surface area contributed by atoms with Crippen molar-refractivity contribution in [3.8, 4) is 0 Å². The molecule has 6 heteroatoms. The first-order valence-corrected chi connectivity index (χ1v) is 6.15. The molecule has 0 atom stereocenters. The lowest BCUT2D eigenvalue weighted by Crippen LogP contribution is -2.25. The van der Waals surface area contributed by atoms with Gasteiger partial charge in [0.15, 0.2) is 0 Å². The summed E-state index contributed by atoms with van der Waals surface area (Å²) < 4.78 is 0. The summed E-state index contributed by atoms with van der Waals surface area (Å²) in [4.78, 5) is 15.9. The van der Waals surface area contributed by atoms with Crippen LogP contribution in [-0.4, -0.2) is 27.6 Å². The SMILES string of the molecule is Cc1cc(N)cc(C(=O)NCCCc2ncn[nH]2)c1. The van der Waals surface area contributed by atoms with Crippen LogP contribution in [-0.2, 0) is 6.42 Å². The van der Waals surface area contributed by atoms with Crippen LogP contribution in [0, 0.1) is 6.92 Å². The lowest BCUT2D eigenvalue weighted by molar-refractivity contribution is 0.0953. The third kappa shape index (κ3) is 3.80. The number of H-pyrrole nitrogens is 1. The van der Waals surface area contributed by atoms with Gasteiger partial charge in [-0.15, -0.1) is 0 Å². The lowest BCUT2D eigenvalue weighted by atomic mass is 10.1. The molecule has 2 rings (SSSR count). The number of nitrogens with one attached hydrogen (secondary N) is 2. The zero-order valence-electron chi connectivity index (χ0n) is 10.8. The summed E-state index contributed by atoms with van der Waals surface area (Å²) in [6.07, 6.45) is 3.04. The minimum Gasteiger partial charge on any atom is -0.399 e. The number of carbonyl (C=O) groups is 1. The van der Waals surface area contributed by atoms with Crippen LogP contribution in [0.2, 0.25) is 0 Å². The van der Waals surface area contributed by atoms with E-state index < -0.39 is 0 Å². The van der Waals surface area contributed by atoms with Crippen LogP contribution in [0.5, 0.6) is 0 Å². The molecular weight excluding hydrogens is 242 g/mol. The third-order valence-electron chi connectivity index (χ3n) is 2.70. The van der Waals surface area contributed by atoms with E-state index in [1.54, 1.807) is 6.07 Å². The van der Waals surface area contributed by atoms with E-state index in [0.29, 0.717) is 17.8 Å². The molecule has 0 aliphatic carbocycles. The maximum absolute atomic E-state index is 11.9. The van der Waals surface area contributed by atoms with E-state index in [4.69, 9.17) is 5.73 Å². The maximum atomic E-state index is 11.9. The molecule has 1 aromatic carbocycles. The largest absolute Gasteiger partial charge is 0.399 e. The molecule has 19 heavy (non-hydrogen) atoms. The van der Waals surface area contributed by atoms with Crippen LogP contribution in [0.3, 0.4) is 0 Å². The van der Waals surface area contributed by atoms with Crippen LogP contribution in [0.15, 0.2) is 24.5 Å². The second-order valence-electron chi connectivity index (χ2n) is 4.42. The summed E-state index contributed by atoms with van der Waals surface area (Å²) in [6.45, 7) is 2.50. The monoisotopic (exact) mass is 259 g/mol. The summed E-state index contributed by atoms with van der Waals surface area (Å²) in [5.41, 5.74) is 7.89. The van der Waals surface area contributed by atoms with Crippen molar-refractivity contribution in [2.24, 2.45) is 0 Å². The first-order valence-electron chi connectivity index (χ1n) is 6.15. The molecule has 1 aromatic heterocycles. The first-order chi connectivity index (χ1) is 9.15. The Morgan fingerprint density at radius 1 is 1.42 bits per heavy atom. The highest BCUT2D eigenvalue weighted by Gasteiger charge is 2.06. The van der Waals surface area contributed by atoms with Crippen LogP contribution >= 0.6 is 0 Å². The lowest BCUT2D eigenvalue weighted by Gasteiger charge is -2.06. The number of aromatic amines is 1.